The number of aliphatic hydroxyl groups excluding tert-OH is 1. The van der Waals surface area contributed by atoms with Crippen molar-refractivity contribution in [3.63, 3.8) is 0 Å². The fraction of sp³-hybridized carbons (Fsp3) is 0.450. The van der Waals surface area contributed by atoms with Crippen molar-refractivity contribution in [2.24, 2.45) is 0 Å². The Labute approximate surface area is 163 Å². The summed E-state index contributed by atoms with van der Waals surface area (Å²) >= 11 is 0. The van der Waals surface area contributed by atoms with E-state index in [2.05, 4.69) is 10.6 Å². The lowest BCUT2D eigenvalue weighted by atomic mass is 9.98. The quantitative estimate of drug-likeness (QED) is 0.519. The minimum atomic E-state index is -1.39. The summed E-state index contributed by atoms with van der Waals surface area (Å²) in [4.78, 5) is 35.4. The highest BCUT2D eigenvalue weighted by Crippen LogP contribution is 2.20. The molecule has 4 atom stereocenters. The van der Waals surface area contributed by atoms with Crippen LogP contribution in [0.1, 0.15) is 32.3 Å². The number of benzene rings is 1. The zero-order chi connectivity index (χ0) is 20.7. The van der Waals surface area contributed by atoms with Gasteiger partial charge < -0.3 is 25.6 Å². The summed E-state index contributed by atoms with van der Waals surface area (Å²) in [5, 5.41) is 24.6. The lowest BCUT2D eigenvalue weighted by Gasteiger charge is -2.34. The molecule has 0 saturated carbocycles. The first-order valence-electron chi connectivity index (χ1n) is 9.23. The van der Waals surface area contributed by atoms with Gasteiger partial charge in [-0.15, -0.1) is 0 Å². The van der Waals surface area contributed by atoms with Crippen LogP contribution in [0.5, 0.6) is 0 Å². The lowest BCUT2D eigenvalue weighted by molar-refractivity contribution is -0.145. The van der Waals surface area contributed by atoms with Crippen LogP contribution in [0.15, 0.2) is 42.2 Å². The van der Waals surface area contributed by atoms with Crippen molar-refractivity contribution in [2.75, 3.05) is 0 Å². The molecule has 0 saturated heterocycles. The van der Waals surface area contributed by atoms with Gasteiger partial charge in [-0.2, -0.15) is 0 Å². The van der Waals surface area contributed by atoms with Crippen LogP contribution >= 0.6 is 0 Å². The number of carboxylic acids is 1. The van der Waals surface area contributed by atoms with Crippen molar-refractivity contribution in [1.29, 1.82) is 0 Å². The zero-order valence-corrected chi connectivity index (χ0v) is 15.9. The van der Waals surface area contributed by atoms with Crippen LogP contribution in [-0.4, -0.2) is 52.3 Å². The number of nitrogens with one attached hydrogen (secondary N) is 2. The number of amides is 2. The number of carbonyl (C=O) groups is 3. The average molecular weight is 390 g/mol. The summed E-state index contributed by atoms with van der Waals surface area (Å²) in [6, 6.07) is 8.60. The van der Waals surface area contributed by atoms with E-state index < -0.39 is 41.8 Å². The minimum absolute atomic E-state index is 0.161. The van der Waals surface area contributed by atoms with Crippen molar-refractivity contribution in [1.82, 2.24) is 10.6 Å². The van der Waals surface area contributed by atoms with Crippen LogP contribution in [0.4, 0.5) is 0 Å². The van der Waals surface area contributed by atoms with E-state index in [4.69, 9.17) is 9.84 Å². The third-order valence-corrected chi connectivity index (χ3v) is 4.57. The Morgan fingerprint density at radius 2 is 1.89 bits per heavy atom. The minimum Gasteiger partial charge on any atom is -0.475 e. The van der Waals surface area contributed by atoms with Gasteiger partial charge in [-0.05, 0) is 30.9 Å². The van der Waals surface area contributed by atoms with Crippen LogP contribution in [0.25, 0.3) is 0 Å². The second-order valence-corrected chi connectivity index (χ2v) is 6.73. The van der Waals surface area contributed by atoms with Crippen LogP contribution in [0.2, 0.25) is 0 Å². The molecule has 1 aliphatic rings. The van der Waals surface area contributed by atoms with E-state index in [-0.39, 0.29) is 6.04 Å². The SMILES string of the molecule is CCC(CCc1ccccc1)NC(=O)[C@@H]1OC(C(=O)O)=C[C@H](O)[C@H]1NC(C)=O. The lowest BCUT2D eigenvalue weighted by Crippen LogP contribution is -2.59. The highest BCUT2D eigenvalue weighted by molar-refractivity contribution is 5.88. The maximum Gasteiger partial charge on any atom is 0.370 e. The first kappa shape index (κ1) is 21.4. The van der Waals surface area contributed by atoms with Crippen LogP contribution in [-0.2, 0) is 25.5 Å². The first-order valence-corrected chi connectivity index (χ1v) is 9.23. The van der Waals surface area contributed by atoms with E-state index in [1.165, 1.54) is 6.92 Å². The number of rotatable bonds is 8. The molecule has 4 N–H and O–H groups in total. The molecule has 1 unspecified atom stereocenters. The van der Waals surface area contributed by atoms with Crippen LogP contribution in [0.3, 0.4) is 0 Å². The Hall–Kier alpha value is -2.87. The number of hydrogen-bond donors (Lipinski definition) is 4. The van der Waals surface area contributed by atoms with Crippen molar-refractivity contribution in [3.05, 3.63) is 47.7 Å². The Kier molecular flexibility index (Phi) is 7.57. The molecule has 2 rings (SSSR count). The van der Waals surface area contributed by atoms with Gasteiger partial charge in [0, 0.05) is 13.0 Å². The Morgan fingerprint density at radius 1 is 1.21 bits per heavy atom. The first-order chi connectivity index (χ1) is 13.3. The molecule has 2 amide bonds. The Morgan fingerprint density at radius 3 is 2.46 bits per heavy atom. The van der Waals surface area contributed by atoms with E-state index in [0.29, 0.717) is 12.8 Å². The summed E-state index contributed by atoms with van der Waals surface area (Å²) in [5.41, 5.74) is 1.15. The summed E-state index contributed by atoms with van der Waals surface area (Å²) in [6.45, 7) is 3.17. The van der Waals surface area contributed by atoms with Gasteiger partial charge in [-0.3, -0.25) is 9.59 Å². The van der Waals surface area contributed by atoms with Gasteiger partial charge in [0.15, 0.2) is 6.10 Å². The molecule has 0 fully saturated rings. The predicted molar refractivity (Wildman–Crippen MR) is 101 cm³/mol. The molecular formula is C20H26N2O6. The summed E-state index contributed by atoms with van der Waals surface area (Å²) in [5.74, 6) is -2.96. The second-order valence-electron chi connectivity index (χ2n) is 6.73. The van der Waals surface area contributed by atoms with E-state index in [1.807, 2.05) is 37.3 Å². The maximum absolute atomic E-state index is 12.8. The molecule has 1 aliphatic heterocycles. The standard InChI is InChI=1S/C20H26N2O6/c1-3-14(10-9-13-7-5-4-6-8-13)22-19(25)18-17(21-12(2)23)15(24)11-16(28-18)20(26)27/h4-8,11,14-15,17-18,24H,3,9-10H2,1-2H3,(H,21,23)(H,22,25)(H,26,27)/t14?,15-,17+,18+/m0/s1. The molecule has 0 spiro atoms. The van der Waals surface area contributed by atoms with E-state index in [9.17, 15) is 19.5 Å². The molecule has 1 heterocycles. The molecule has 1 aromatic rings. The van der Waals surface area contributed by atoms with Crippen molar-refractivity contribution in [2.45, 2.75) is 57.4 Å². The largest absolute Gasteiger partial charge is 0.475 e. The third-order valence-electron chi connectivity index (χ3n) is 4.57. The van der Waals surface area contributed by atoms with E-state index >= 15 is 0 Å². The zero-order valence-electron chi connectivity index (χ0n) is 15.9. The molecular weight excluding hydrogens is 364 g/mol. The number of hydrogen-bond acceptors (Lipinski definition) is 5. The molecule has 28 heavy (non-hydrogen) atoms. The van der Waals surface area contributed by atoms with Gasteiger partial charge >= 0.3 is 5.97 Å². The predicted octanol–water partition coefficient (Wildman–Crippen LogP) is 0.747. The van der Waals surface area contributed by atoms with E-state index in [1.54, 1.807) is 0 Å². The van der Waals surface area contributed by atoms with Crippen molar-refractivity contribution < 1.29 is 29.3 Å². The number of ether oxygens (including phenoxy) is 1. The molecule has 152 valence electrons. The summed E-state index contributed by atoms with van der Waals surface area (Å²) < 4.78 is 5.28. The molecule has 0 bridgehead atoms. The normalized spacial score (nSPS) is 22.4. The molecule has 1 aromatic carbocycles. The third kappa shape index (κ3) is 5.82. The average Bonchev–Trinajstić information content (AvgIpc) is 2.66. The topological polar surface area (TPSA) is 125 Å². The van der Waals surface area contributed by atoms with Gasteiger partial charge in [0.05, 0.1) is 0 Å². The number of aryl methyl sites for hydroxylation is 1. The highest BCUT2D eigenvalue weighted by atomic mass is 16.5. The molecule has 0 radical (unpaired) electrons. The Balaban J connectivity index is 2.07. The smallest absolute Gasteiger partial charge is 0.370 e. The van der Waals surface area contributed by atoms with Gasteiger partial charge in [0.2, 0.25) is 11.7 Å². The number of carboxylic acid groups (broad SMARTS) is 1. The maximum atomic E-state index is 12.8. The Bertz CT molecular complexity index is 733. The van der Waals surface area contributed by atoms with Crippen molar-refractivity contribution >= 4 is 17.8 Å². The molecule has 8 nitrogen and oxygen atoms in total. The van der Waals surface area contributed by atoms with Gasteiger partial charge in [-0.1, -0.05) is 37.3 Å². The molecule has 0 aliphatic carbocycles. The summed E-state index contributed by atoms with van der Waals surface area (Å²) in [7, 11) is 0. The van der Waals surface area contributed by atoms with Crippen LogP contribution < -0.4 is 10.6 Å². The number of carbonyl (C=O) groups excluding carboxylic acids is 2. The second kappa shape index (κ2) is 9.89. The fourth-order valence-corrected chi connectivity index (χ4v) is 3.07. The highest BCUT2D eigenvalue weighted by Gasteiger charge is 2.41. The number of aliphatic carboxylic acids is 1. The van der Waals surface area contributed by atoms with Gasteiger partial charge in [0.25, 0.3) is 5.91 Å². The van der Waals surface area contributed by atoms with Gasteiger partial charge in [-0.25, -0.2) is 4.79 Å². The number of aliphatic hydroxyl groups is 1. The molecule has 8 heteroatoms. The van der Waals surface area contributed by atoms with Crippen molar-refractivity contribution in [3.8, 4) is 0 Å². The van der Waals surface area contributed by atoms with E-state index in [0.717, 1.165) is 18.1 Å². The van der Waals surface area contributed by atoms with Crippen LogP contribution in [0, 0.1) is 0 Å². The van der Waals surface area contributed by atoms with Gasteiger partial charge in [0.1, 0.15) is 12.1 Å². The molecule has 0 aromatic heterocycles. The fourth-order valence-electron chi connectivity index (χ4n) is 3.07. The summed E-state index contributed by atoms with van der Waals surface area (Å²) in [6.07, 6.45) is 0.390. The monoisotopic (exact) mass is 390 g/mol.